The van der Waals surface area contributed by atoms with E-state index in [4.69, 9.17) is 5.11 Å². The van der Waals surface area contributed by atoms with Crippen LogP contribution in [0.5, 0.6) is 0 Å². The van der Waals surface area contributed by atoms with Crippen molar-refractivity contribution in [1.29, 1.82) is 0 Å². The number of carboxylic acids is 1. The third-order valence-electron chi connectivity index (χ3n) is 2.44. The minimum atomic E-state index is -3.93. The molecule has 0 atom stereocenters. The fourth-order valence-corrected chi connectivity index (χ4v) is 4.25. The van der Waals surface area contributed by atoms with Gasteiger partial charge in [-0.15, -0.1) is 11.3 Å². The van der Waals surface area contributed by atoms with E-state index in [0.29, 0.717) is 0 Å². The molecule has 2 N–H and O–H groups in total. The van der Waals surface area contributed by atoms with E-state index in [2.05, 4.69) is 5.32 Å². The molecule has 0 bridgehead atoms. The molecule has 1 aromatic heterocycles. The average Bonchev–Trinajstić information content (AvgIpc) is 2.78. The van der Waals surface area contributed by atoms with Crippen molar-refractivity contribution in [3.05, 3.63) is 16.3 Å². The molecule has 1 aliphatic rings. The van der Waals surface area contributed by atoms with Crippen LogP contribution in [-0.2, 0) is 14.8 Å². The van der Waals surface area contributed by atoms with Gasteiger partial charge in [0.25, 0.3) is 0 Å². The van der Waals surface area contributed by atoms with Crippen LogP contribution in [0, 0.1) is 0 Å². The first kappa shape index (κ1) is 13.0. The standard InChI is InChI=1S/C9H10N2O5S2/c12-7-5-11(3-2-10-7)18(15,16)6-1-4-17-8(6)9(13)14/h1,4H,2-3,5H2,(H,10,12)(H,13,14). The summed E-state index contributed by atoms with van der Waals surface area (Å²) in [5.41, 5.74) is 0. The summed E-state index contributed by atoms with van der Waals surface area (Å²) >= 11 is 0.843. The first-order valence-electron chi connectivity index (χ1n) is 5.00. The molecule has 1 aromatic rings. The lowest BCUT2D eigenvalue weighted by molar-refractivity contribution is -0.122. The maximum atomic E-state index is 12.2. The molecule has 98 valence electrons. The number of nitrogens with one attached hydrogen (secondary N) is 1. The summed E-state index contributed by atoms with van der Waals surface area (Å²) in [7, 11) is -3.93. The number of hydrogen-bond acceptors (Lipinski definition) is 5. The monoisotopic (exact) mass is 290 g/mol. The second kappa shape index (κ2) is 4.67. The van der Waals surface area contributed by atoms with Gasteiger partial charge >= 0.3 is 5.97 Å². The Labute approximate surface area is 107 Å². The minimum Gasteiger partial charge on any atom is -0.477 e. The van der Waals surface area contributed by atoms with Crippen LogP contribution in [0.2, 0.25) is 0 Å². The number of rotatable bonds is 3. The van der Waals surface area contributed by atoms with Crippen molar-refractivity contribution >= 4 is 33.2 Å². The fourth-order valence-electron chi connectivity index (χ4n) is 1.62. The van der Waals surface area contributed by atoms with E-state index in [1.807, 2.05) is 0 Å². The second-order valence-corrected chi connectivity index (χ2v) is 6.43. The number of nitrogens with zero attached hydrogens (tertiary/aromatic N) is 1. The van der Waals surface area contributed by atoms with Crippen LogP contribution in [0.15, 0.2) is 16.3 Å². The van der Waals surface area contributed by atoms with Gasteiger partial charge in [0.1, 0.15) is 9.77 Å². The number of carbonyl (C=O) groups excluding carboxylic acids is 1. The Bertz CT molecular complexity index is 592. The van der Waals surface area contributed by atoms with Gasteiger partial charge in [-0.2, -0.15) is 4.31 Å². The summed E-state index contributed by atoms with van der Waals surface area (Å²) in [6.45, 7) is 0.0881. The highest BCUT2D eigenvalue weighted by Gasteiger charge is 2.32. The molecular weight excluding hydrogens is 280 g/mol. The van der Waals surface area contributed by atoms with Gasteiger partial charge in [-0.3, -0.25) is 4.79 Å². The summed E-state index contributed by atoms with van der Waals surface area (Å²) in [6.07, 6.45) is 0. The molecule has 7 nitrogen and oxygen atoms in total. The van der Waals surface area contributed by atoms with Crippen molar-refractivity contribution in [2.24, 2.45) is 0 Å². The quantitative estimate of drug-likeness (QED) is 0.786. The number of carboxylic acid groups (broad SMARTS) is 1. The van der Waals surface area contributed by atoms with Crippen LogP contribution in [0.1, 0.15) is 9.67 Å². The van der Waals surface area contributed by atoms with Crippen molar-refractivity contribution in [3.63, 3.8) is 0 Å². The predicted molar refractivity (Wildman–Crippen MR) is 63.0 cm³/mol. The summed E-state index contributed by atoms with van der Waals surface area (Å²) in [5.74, 6) is -1.68. The third kappa shape index (κ3) is 2.24. The third-order valence-corrected chi connectivity index (χ3v) is 5.36. The molecule has 1 amide bonds. The molecule has 0 aliphatic carbocycles. The molecule has 18 heavy (non-hydrogen) atoms. The summed E-state index contributed by atoms with van der Waals surface area (Å²) in [5, 5.41) is 12.8. The van der Waals surface area contributed by atoms with E-state index in [0.717, 1.165) is 15.6 Å². The van der Waals surface area contributed by atoms with Crippen LogP contribution in [0.25, 0.3) is 0 Å². The Kier molecular flexibility index (Phi) is 3.37. The molecule has 0 radical (unpaired) electrons. The number of carbonyl (C=O) groups is 2. The first-order chi connectivity index (χ1) is 8.43. The van der Waals surface area contributed by atoms with E-state index in [-0.39, 0.29) is 29.4 Å². The lowest BCUT2D eigenvalue weighted by Crippen LogP contribution is -2.49. The van der Waals surface area contributed by atoms with Gasteiger partial charge in [0, 0.05) is 13.1 Å². The van der Waals surface area contributed by atoms with Crippen molar-refractivity contribution in [2.75, 3.05) is 19.6 Å². The van der Waals surface area contributed by atoms with Gasteiger partial charge in [-0.05, 0) is 11.4 Å². The Morgan fingerprint density at radius 1 is 1.50 bits per heavy atom. The molecule has 9 heteroatoms. The van der Waals surface area contributed by atoms with E-state index >= 15 is 0 Å². The summed E-state index contributed by atoms with van der Waals surface area (Å²) in [6, 6.07) is 1.25. The molecule has 0 spiro atoms. The maximum Gasteiger partial charge on any atom is 0.347 e. The maximum absolute atomic E-state index is 12.2. The molecule has 1 saturated heterocycles. The van der Waals surface area contributed by atoms with E-state index < -0.39 is 21.9 Å². The number of aromatic carboxylic acids is 1. The highest BCUT2D eigenvalue weighted by molar-refractivity contribution is 7.89. The van der Waals surface area contributed by atoms with Gasteiger partial charge in [0.15, 0.2) is 0 Å². The molecule has 2 rings (SSSR count). The predicted octanol–water partition coefficient (Wildman–Crippen LogP) is -0.433. The molecule has 1 fully saturated rings. The van der Waals surface area contributed by atoms with Crippen molar-refractivity contribution in [3.8, 4) is 0 Å². The van der Waals surface area contributed by atoms with E-state index in [9.17, 15) is 18.0 Å². The minimum absolute atomic E-state index is 0.142. The number of amides is 1. The van der Waals surface area contributed by atoms with E-state index in [1.54, 1.807) is 0 Å². The Balaban J connectivity index is 2.38. The zero-order chi connectivity index (χ0) is 13.3. The van der Waals surface area contributed by atoms with Gasteiger partial charge in [0.05, 0.1) is 6.54 Å². The normalized spacial score (nSPS) is 17.4. The number of piperazine rings is 1. The highest BCUT2D eigenvalue weighted by Crippen LogP contribution is 2.25. The summed E-state index contributed by atoms with van der Waals surface area (Å²) in [4.78, 5) is 21.6. The zero-order valence-electron chi connectivity index (χ0n) is 9.12. The second-order valence-electron chi connectivity index (χ2n) is 3.61. The van der Waals surface area contributed by atoms with Crippen LogP contribution < -0.4 is 5.32 Å². The van der Waals surface area contributed by atoms with Gasteiger partial charge < -0.3 is 10.4 Å². The van der Waals surface area contributed by atoms with Crippen LogP contribution in [-0.4, -0.2) is 49.3 Å². The largest absolute Gasteiger partial charge is 0.477 e. The number of hydrogen-bond donors (Lipinski definition) is 2. The van der Waals surface area contributed by atoms with Gasteiger partial charge in [0.2, 0.25) is 15.9 Å². The molecule has 1 aliphatic heterocycles. The molecule has 0 unspecified atom stereocenters. The van der Waals surface area contributed by atoms with Crippen molar-refractivity contribution < 1.29 is 23.1 Å². The van der Waals surface area contributed by atoms with Crippen LogP contribution >= 0.6 is 11.3 Å². The Hall–Kier alpha value is -1.45. The molecular formula is C9H10N2O5S2. The summed E-state index contributed by atoms with van der Waals surface area (Å²) < 4.78 is 25.4. The van der Waals surface area contributed by atoms with Crippen molar-refractivity contribution in [1.82, 2.24) is 9.62 Å². The fraction of sp³-hybridized carbons (Fsp3) is 0.333. The lowest BCUT2D eigenvalue weighted by Gasteiger charge is -2.25. The Morgan fingerprint density at radius 3 is 2.83 bits per heavy atom. The van der Waals surface area contributed by atoms with E-state index in [1.165, 1.54) is 11.4 Å². The molecule has 0 saturated carbocycles. The lowest BCUT2D eigenvalue weighted by atomic mass is 10.4. The van der Waals surface area contributed by atoms with Gasteiger partial charge in [-0.1, -0.05) is 0 Å². The molecule has 2 heterocycles. The smallest absolute Gasteiger partial charge is 0.347 e. The van der Waals surface area contributed by atoms with Crippen LogP contribution in [0.3, 0.4) is 0 Å². The molecule has 0 aromatic carbocycles. The van der Waals surface area contributed by atoms with Gasteiger partial charge in [-0.25, -0.2) is 13.2 Å². The topological polar surface area (TPSA) is 104 Å². The SMILES string of the molecule is O=C1CN(S(=O)(=O)c2ccsc2C(=O)O)CCN1. The zero-order valence-corrected chi connectivity index (χ0v) is 10.8. The van der Waals surface area contributed by atoms with Crippen molar-refractivity contribution in [2.45, 2.75) is 4.90 Å². The average molecular weight is 290 g/mol. The first-order valence-corrected chi connectivity index (χ1v) is 7.32. The Morgan fingerprint density at radius 2 is 2.22 bits per heavy atom. The number of thiophene rings is 1. The van der Waals surface area contributed by atoms with Crippen LogP contribution in [0.4, 0.5) is 0 Å². The number of sulfonamides is 1. The highest BCUT2D eigenvalue weighted by atomic mass is 32.2.